The summed E-state index contributed by atoms with van der Waals surface area (Å²) in [6, 6.07) is 18.2. The van der Waals surface area contributed by atoms with Crippen molar-refractivity contribution in [1.82, 2.24) is 10.6 Å². The number of alkyl carbamates (subject to hydrolysis) is 1. The number of nitrogens with one attached hydrogen (secondary N) is 2. The summed E-state index contributed by atoms with van der Waals surface area (Å²) in [5, 5.41) is 6.32. The zero-order valence-electron chi connectivity index (χ0n) is 19.4. The molecule has 5 heteroatoms. The third-order valence-electron chi connectivity index (χ3n) is 4.46. The van der Waals surface area contributed by atoms with Crippen LogP contribution in [0.5, 0.6) is 5.75 Å². The maximum absolute atomic E-state index is 12.2. The first-order valence-corrected chi connectivity index (χ1v) is 10.8. The van der Waals surface area contributed by atoms with Crippen molar-refractivity contribution < 1.29 is 14.3 Å². The second-order valence-corrected chi connectivity index (χ2v) is 8.85. The number of ether oxygens (including phenoxy) is 2. The van der Waals surface area contributed by atoms with Crippen LogP contribution in [0.15, 0.2) is 66.2 Å². The van der Waals surface area contributed by atoms with E-state index < -0.39 is 11.7 Å². The van der Waals surface area contributed by atoms with Crippen LogP contribution in [0, 0.1) is 0 Å². The van der Waals surface area contributed by atoms with Crippen molar-refractivity contribution in [2.24, 2.45) is 0 Å². The highest BCUT2D eigenvalue weighted by Gasteiger charge is 2.19. The number of benzene rings is 2. The Morgan fingerprint density at radius 2 is 1.68 bits per heavy atom. The molecule has 0 aliphatic rings. The Hall–Kier alpha value is -2.79. The molecule has 0 aromatic heterocycles. The van der Waals surface area contributed by atoms with Gasteiger partial charge in [-0.1, -0.05) is 54.1 Å². The maximum atomic E-state index is 12.2. The highest BCUT2D eigenvalue weighted by Crippen LogP contribution is 2.16. The van der Waals surface area contributed by atoms with E-state index in [9.17, 15) is 4.79 Å². The molecular formula is C26H36N2O3. The molecule has 0 saturated heterocycles. The summed E-state index contributed by atoms with van der Waals surface area (Å²) in [6.07, 6.45) is 3.08. The molecule has 1 amide bonds. The Morgan fingerprint density at radius 1 is 1.00 bits per heavy atom. The standard InChI is InChI=1S/C26H36N2O3/c1-20(2)17-18-27-24(28-25(29)31-26(3,4)5)16-13-21-11-14-23(15-12-21)30-19-22-9-7-6-8-10-22/h6-12,14-15,17,24,27H,13,16,18-19H2,1-5H3,(H,28,29). The largest absolute Gasteiger partial charge is 0.489 e. The molecule has 0 bridgehead atoms. The number of amides is 1. The summed E-state index contributed by atoms with van der Waals surface area (Å²) >= 11 is 0. The molecule has 0 aliphatic heterocycles. The first-order valence-electron chi connectivity index (χ1n) is 10.8. The lowest BCUT2D eigenvalue weighted by atomic mass is 10.1. The Kier molecular flexibility index (Phi) is 9.60. The van der Waals surface area contributed by atoms with E-state index in [1.54, 1.807) is 0 Å². The van der Waals surface area contributed by atoms with Crippen molar-refractivity contribution in [2.75, 3.05) is 6.54 Å². The van der Waals surface area contributed by atoms with Gasteiger partial charge in [0.15, 0.2) is 0 Å². The van der Waals surface area contributed by atoms with Crippen LogP contribution in [0.3, 0.4) is 0 Å². The Labute approximate surface area is 186 Å². The smallest absolute Gasteiger partial charge is 0.408 e. The zero-order valence-corrected chi connectivity index (χ0v) is 19.4. The van der Waals surface area contributed by atoms with Gasteiger partial charge in [-0.05, 0) is 70.7 Å². The van der Waals surface area contributed by atoms with Crippen molar-refractivity contribution in [2.45, 2.75) is 65.8 Å². The molecule has 0 aliphatic carbocycles. The number of allylic oxidation sites excluding steroid dienone is 1. The molecule has 2 rings (SSSR count). The fourth-order valence-electron chi connectivity index (χ4n) is 2.88. The van der Waals surface area contributed by atoms with Crippen molar-refractivity contribution >= 4 is 6.09 Å². The molecular weight excluding hydrogens is 388 g/mol. The number of carbonyl (C=O) groups is 1. The lowest BCUT2D eigenvalue weighted by molar-refractivity contribution is 0.0493. The minimum Gasteiger partial charge on any atom is -0.489 e. The van der Waals surface area contributed by atoms with E-state index >= 15 is 0 Å². The van der Waals surface area contributed by atoms with Gasteiger partial charge >= 0.3 is 6.09 Å². The summed E-state index contributed by atoms with van der Waals surface area (Å²) in [4.78, 5) is 12.2. The summed E-state index contributed by atoms with van der Waals surface area (Å²) in [6.45, 7) is 10.9. The van der Waals surface area contributed by atoms with Crippen LogP contribution in [-0.4, -0.2) is 24.4 Å². The van der Waals surface area contributed by atoms with E-state index in [-0.39, 0.29) is 6.17 Å². The van der Waals surface area contributed by atoms with Gasteiger partial charge in [0, 0.05) is 6.54 Å². The first kappa shape index (κ1) is 24.5. The lowest BCUT2D eigenvalue weighted by Crippen LogP contribution is -2.47. The van der Waals surface area contributed by atoms with E-state index in [0.29, 0.717) is 13.2 Å². The molecule has 31 heavy (non-hydrogen) atoms. The van der Waals surface area contributed by atoms with Crippen LogP contribution in [-0.2, 0) is 17.8 Å². The van der Waals surface area contributed by atoms with E-state index in [2.05, 4.69) is 54.8 Å². The number of aryl methyl sites for hydroxylation is 1. The van der Waals surface area contributed by atoms with E-state index in [1.807, 2.05) is 51.1 Å². The molecule has 0 fully saturated rings. The van der Waals surface area contributed by atoms with Crippen molar-refractivity contribution in [3.05, 3.63) is 77.4 Å². The van der Waals surface area contributed by atoms with Gasteiger partial charge in [0.05, 0.1) is 6.17 Å². The molecule has 2 aromatic rings. The van der Waals surface area contributed by atoms with Gasteiger partial charge in [-0.25, -0.2) is 4.79 Å². The SMILES string of the molecule is CC(C)=CCNC(CCc1ccc(OCc2ccccc2)cc1)NC(=O)OC(C)(C)C. The topological polar surface area (TPSA) is 59.6 Å². The Balaban J connectivity index is 1.88. The number of carbonyl (C=O) groups excluding carboxylic acids is 1. The minimum absolute atomic E-state index is 0.181. The maximum Gasteiger partial charge on any atom is 0.408 e. The van der Waals surface area contributed by atoms with Crippen LogP contribution in [0.25, 0.3) is 0 Å². The normalized spacial score (nSPS) is 12.0. The first-order chi connectivity index (χ1) is 14.7. The van der Waals surface area contributed by atoms with Gasteiger partial charge in [0.25, 0.3) is 0 Å². The van der Waals surface area contributed by atoms with Gasteiger partial charge in [0.2, 0.25) is 0 Å². The predicted molar refractivity (Wildman–Crippen MR) is 126 cm³/mol. The molecule has 2 N–H and O–H groups in total. The van der Waals surface area contributed by atoms with E-state index in [4.69, 9.17) is 9.47 Å². The molecule has 5 nitrogen and oxygen atoms in total. The average Bonchev–Trinajstić information content (AvgIpc) is 2.70. The highest BCUT2D eigenvalue weighted by atomic mass is 16.6. The summed E-state index contributed by atoms with van der Waals surface area (Å²) in [7, 11) is 0. The van der Waals surface area contributed by atoms with Gasteiger partial charge in [-0.2, -0.15) is 0 Å². The van der Waals surface area contributed by atoms with Crippen molar-refractivity contribution in [1.29, 1.82) is 0 Å². The zero-order chi connectivity index (χ0) is 22.7. The second kappa shape index (κ2) is 12.2. The van der Waals surface area contributed by atoms with Gasteiger partial charge in [0.1, 0.15) is 18.0 Å². The Bertz CT molecular complexity index is 820. The lowest BCUT2D eigenvalue weighted by Gasteiger charge is -2.24. The van der Waals surface area contributed by atoms with Crippen LogP contribution in [0.1, 0.15) is 52.2 Å². The molecule has 0 heterocycles. The minimum atomic E-state index is -0.524. The highest BCUT2D eigenvalue weighted by molar-refractivity contribution is 5.68. The fraction of sp³-hybridized carbons (Fsp3) is 0.423. The Morgan fingerprint density at radius 3 is 2.29 bits per heavy atom. The van der Waals surface area contributed by atoms with Crippen LogP contribution in [0.2, 0.25) is 0 Å². The van der Waals surface area contributed by atoms with E-state index in [1.165, 1.54) is 11.1 Å². The summed E-state index contributed by atoms with van der Waals surface area (Å²) in [5.41, 5.74) is 3.04. The second-order valence-electron chi connectivity index (χ2n) is 8.85. The molecule has 0 radical (unpaired) electrons. The van der Waals surface area contributed by atoms with Crippen LogP contribution in [0.4, 0.5) is 4.79 Å². The molecule has 168 valence electrons. The third-order valence-corrected chi connectivity index (χ3v) is 4.46. The molecule has 0 spiro atoms. The van der Waals surface area contributed by atoms with Gasteiger partial charge < -0.3 is 14.8 Å². The molecule has 2 aromatic carbocycles. The summed E-state index contributed by atoms with van der Waals surface area (Å²) in [5.74, 6) is 0.845. The predicted octanol–water partition coefficient (Wildman–Crippen LogP) is 5.60. The fourth-order valence-corrected chi connectivity index (χ4v) is 2.88. The van der Waals surface area contributed by atoms with Crippen molar-refractivity contribution in [3.63, 3.8) is 0 Å². The quantitative estimate of drug-likeness (QED) is 0.385. The van der Waals surface area contributed by atoms with Gasteiger partial charge in [-0.3, -0.25) is 5.32 Å². The van der Waals surface area contributed by atoms with E-state index in [0.717, 1.165) is 24.2 Å². The number of hydrogen-bond acceptors (Lipinski definition) is 4. The monoisotopic (exact) mass is 424 g/mol. The number of rotatable bonds is 10. The number of hydrogen-bond donors (Lipinski definition) is 2. The molecule has 1 unspecified atom stereocenters. The van der Waals surface area contributed by atoms with Crippen molar-refractivity contribution in [3.8, 4) is 5.75 Å². The average molecular weight is 425 g/mol. The summed E-state index contributed by atoms with van der Waals surface area (Å²) < 4.78 is 11.3. The molecule has 0 saturated carbocycles. The van der Waals surface area contributed by atoms with Crippen LogP contribution < -0.4 is 15.4 Å². The van der Waals surface area contributed by atoms with Crippen LogP contribution >= 0.6 is 0 Å². The molecule has 1 atom stereocenters. The third kappa shape index (κ3) is 10.7. The van der Waals surface area contributed by atoms with Gasteiger partial charge in [-0.15, -0.1) is 0 Å².